The van der Waals surface area contributed by atoms with Gasteiger partial charge in [-0.15, -0.1) is 5.10 Å². The highest BCUT2D eigenvalue weighted by molar-refractivity contribution is 5.90. The molecule has 26 heavy (non-hydrogen) atoms. The van der Waals surface area contributed by atoms with Crippen molar-refractivity contribution in [1.29, 1.82) is 0 Å². The molecule has 3 rings (SSSR count). The Bertz CT molecular complexity index is 750. The van der Waals surface area contributed by atoms with Crippen molar-refractivity contribution in [3.05, 3.63) is 29.3 Å². The zero-order valence-corrected chi connectivity index (χ0v) is 15.7. The van der Waals surface area contributed by atoms with E-state index in [-0.39, 0.29) is 12.5 Å². The molecule has 2 N–H and O–H groups in total. The quantitative estimate of drug-likeness (QED) is 0.829. The molecule has 0 bridgehead atoms. The van der Waals surface area contributed by atoms with Crippen LogP contribution in [0.3, 0.4) is 0 Å². The van der Waals surface area contributed by atoms with Crippen LogP contribution in [0.15, 0.2) is 18.2 Å². The number of carbonyl (C=O) groups excluding carboxylic acids is 1. The first-order valence-electron chi connectivity index (χ1n) is 9.23. The molecular weight excluding hydrogens is 330 g/mol. The number of aryl methyl sites for hydroxylation is 1. The van der Waals surface area contributed by atoms with E-state index in [1.807, 2.05) is 19.1 Å². The average Bonchev–Trinajstić information content (AvgIpc) is 3.10. The average molecular weight is 357 g/mol. The summed E-state index contributed by atoms with van der Waals surface area (Å²) < 4.78 is 5.70. The monoisotopic (exact) mass is 357 g/mol. The van der Waals surface area contributed by atoms with Crippen molar-refractivity contribution in [2.45, 2.75) is 46.0 Å². The van der Waals surface area contributed by atoms with Gasteiger partial charge in [0, 0.05) is 13.1 Å². The van der Waals surface area contributed by atoms with Crippen LogP contribution in [0.2, 0.25) is 0 Å². The van der Waals surface area contributed by atoms with Gasteiger partial charge in [-0.3, -0.25) is 10.1 Å². The first kappa shape index (κ1) is 18.2. The molecule has 0 radical (unpaired) electrons. The van der Waals surface area contributed by atoms with E-state index in [1.54, 1.807) is 0 Å². The molecule has 1 aromatic heterocycles. The molecule has 2 heterocycles. The molecule has 7 nitrogen and oxygen atoms in total. The number of hydrogen-bond donors (Lipinski definition) is 2. The normalized spacial score (nSPS) is 14.5. The molecule has 1 fully saturated rings. The van der Waals surface area contributed by atoms with Crippen LogP contribution in [-0.4, -0.2) is 40.8 Å². The number of rotatable bonds is 6. The molecular formula is C19H27N5O2. The maximum Gasteiger partial charge on any atom is 0.264 e. The summed E-state index contributed by atoms with van der Waals surface area (Å²) in [6.45, 7) is 8.08. The lowest BCUT2D eigenvalue weighted by molar-refractivity contribution is -0.118. The first-order valence-corrected chi connectivity index (χ1v) is 9.23. The second-order valence-electron chi connectivity index (χ2n) is 7.05. The molecule has 0 saturated carbocycles. The number of carbonyl (C=O) groups is 1. The smallest absolute Gasteiger partial charge is 0.264 e. The van der Waals surface area contributed by atoms with Crippen molar-refractivity contribution in [3.63, 3.8) is 0 Å². The van der Waals surface area contributed by atoms with Crippen LogP contribution in [0, 0.1) is 6.92 Å². The number of aromatic amines is 1. The Labute approximate surface area is 154 Å². The minimum Gasteiger partial charge on any atom is -0.483 e. The number of anilines is 2. The number of piperidine rings is 1. The third kappa shape index (κ3) is 4.53. The number of aromatic nitrogens is 3. The molecule has 0 unspecified atom stereocenters. The lowest BCUT2D eigenvalue weighted by Crippen LogP contribution is -2.30. The molecule has 0 spiro atoms. The number of ether oxygens (including phenoxy) is 1. The second kappa shape index (κ2) is 8.21. The number of nitrogens with one attached hydrogen (secondary N) is 2. The molecule has 1 aromatic carbocycles. The predicted molar refractivity (Wildman–Crippen MR) is 102 cm³/mol. The van der Waals surface area contributed by atoms with E-state index in [0.717, 1.165) is 37.2 Å². The van der Waals surface area contributed by atoms with Crippen molar-refractivity contribution in [2.24, 2.45) is 0 Å². The molecule has 0 atom stereocenters. The van der Waals surface area contributed by atoms with Crippen LogP contribution in [0.4, 0.5) is 11.9 Å². The van der Waals surface area contributed by atoms with Crippen molar-refractivity contribution in [2.75, 3.05) is 29.9 Å². The predicted octanol–water partition coefficient (Wildman–Crippen LogP) is 3.24. The van der Waals surface area contributed by atoms with Gasteiger partial charge in [0.2, 0.25) is 11.9 Å². The maximum absolute atomic E-state index is 12.2. The van der Waals surface area contributed by atoms with E-state index in [1.165, 1.54) is 12.0 Å². The first-order chi connectivity index (χ1) is 12.5. The summed E-state index contributed by atoms with van der Waals surface area (Å²) in [5, 5.41) is 9.68. The fraction of sp³-hybridized carbons (Fsp3) is 0.526. The molecule has 1 saturated heterocycles. The van der Waals surface area contributed by atoms with Gasteiger partial charge < -0.3 is 9.64 Å². The summed E-state index contributed by atoms with van der Waals surface area (Å²) in [5.41, 5.74) is 2.20. The molecule has 2 aromatic rings. The summed E-state index contributed by atoms with van der Waals surface area (Å²) in [6, 6.07) is 6.10. The number of benzene rings is 1. The minimum atomic E-state index is -0.263. The zero-order chi connectivity index (χ0) is 18.5. The number of H-pyrrole nitrogens is 1. The summed E-state index contributed by atoms with van der Waals surface area (Å²) in [7, 11) is 0. The van der Waals surface area contributed by atoms with Gasteiger partial charge in [-0.2, -0.15) is 4.98 Å². The van der Waals surface area contributed by atoms with Gasteiger partial charge in [-0.1, -0.05) is 26.0 Å². The highest BCUT2D eigenvalue weighted by Gasteiger charge is 2.16. The topological polar surface area (TPSA) is 83.1 Å². The van der Waals surface area contributed by atoms with Crippen LogP contribution in [0.5, 0.6) is 5.75 Å². The van der Waals surface area contributed by atoms with Crippen LogP contribution >= 0.6 is 0 Å². The van der Waals surface area contributed by atoms with Gasteiger partial charge in [0.05, 0.1) is 0 Å². The highest BCUT2D eigenvalue weighted by Crippen LogP contribution is 2.24. The standard InChI is InChI=1S/C19H27N5O2/c1-13(2)15-8-7-14(3)16(11-15)26-12-17(25)20-18-21-19(23-22-18)24-9-5-4-6-10-24/h7-8,11,13H,4-6,9-10,12H2,1-3H3,(H2,20,21,22,23,25). The zero-order valence-electron chi connectivity index (χ0n) is 15.7. The van der Waals surface area contributed by atoms with Crippen molar-refractivity contribution >= 4 is 17.8 Å². The highest BCUT2D eigenvalue weighted by atomic mass is 16.5. The summed E-state index contributed by atoms with van der Waals surface area (Å²) in [4.78, 5) is 18.7. The summed E-state index contributed by atoms with van der Waals surface area (Å²) in [6.07, 6.45) is 3.55. The molecule has 1 aliphatic rings. The van der Waals surface area contributed by atoms with Gasteiger partial charge >= 0.3 is 0 Å². The van der Waals surface area contributed by atoms with E-state index < -0.39 is 0 Å². The molecule has 1 amide bonds. The van der Waals surface area contributed by atoms with Crippen LogP contribution in [0.1, 0.15) is 50.2 Å². The van der Waals surface area contributed by atoms with Gasteiger partial charge in [-0.05, 0) is 49.3 Å². The summed E-state index contributed by atoms with van der Waals surface area (Å²) >= 11 is 0. The third-order valence-corrected chi connectivity index (χ3v) is 4.61. The van der Waals surface area contributed by atoms with Crippen molar-refractivity contribution < 1.29 is 9.53 Å². The Morgan fingerprint density at radius 3 is 2.81 bits per heavy atom. The number of nitrogens with zero attached hydrogens (tertiary/aromatic N) is 3. The maximum atomic E-state index is 12.2. The number of amides is 1. The van der Waals surface area contributed by atoms with E-state index in [9.17, 15) is 4.79 Å². The molecule has 7 heteroatoms. The SMILES string of the molecule is Cc1ccc(C(C)C)cc1OCC(=O)Nc1nc(N2CCCCC2)n[nH]1. The Morgan fingerprint density at radius 2 is 2.08 bits per heavy atom. The third-order valence-electron chi connectivity index (χ3n) is 4.61. The Morgan fingerprint density at radius 1 is 1.31 bits per heavy atom. The van der Waals surface area contributed by atoms with Crippen LogP contribution in [-0.2, 0) is 4.79 Å². The molecule has 1 aliphatic heterocycles. The summed E-state index contributed by atoms with van der Waals surface area (Å²) in [5.74, 6) is 1.88. The fourth-order valence-electron chi connectivity index (χ4n) is 2.99. The van der Waals surface area contributed by atoms with Crippen molar-refractivity contribution in [3.8, 4) is 5.75 Å². The van der Waals surface area contributed by atoms with Gasteiger partial charge in [0.25, 0.3) is 5.91 Å². The lowest BCUT2D eigenvalue weighted by Gasteiger charge is -2.24. The van der Waals surface area contributed by atoms with E-state index in [0.29, 0.717) is 17.8 Å². The molecule has 0 aliphatic carbocycles. The largest absolute Gasteiger partial charge is 0.483 e. The van der Waals surface area contributed by atoms with Gasteiger partial charge in [-0.25, -0.2) is 5.10 Å². The van der Waals surface area contributed by atoms with Gasteiger partial charge in [0.15, 0.2) is 6.61 Å². The Hall–Kier alpha value is -2.57. The fourth-order valence-corrected chi connectivity index (χ4v) is 2.99. The van der Waals surface area contributed by atoms with E-state index in [2.05, 4.69) is 45.3 Å². The lowest BCUT2D eigenvalue weighted by atomic mass is 10.0. The Balaban J connectivity index is 1.54. The Kier molecular flexibility index (Phi) is 5.75. The van der Waals surface area contributed by atoms with Crippen LogP contribution < -0.4 is 15.0 Å². The van der Waals surface area contributed by atoms with Crippen molar-refractivity contribution in [1.82, 2.24) is 15.2 Å². The van der Waals surface area contributed by atoms with E-state index in [4.69, 9.17) is 4.74 Å². The van der Waals surface area contributed by atoms with E-state index >= 15 is 0 Å². The minimum absolute atomic E-state index is 0.0673. The van der Waals surface area contributed by atoms with Gasteiger partial charge in [0.1, 0.15) is 5.75 Å². The number of hydrogen-bond acceptors (Lipinski definition) is 5. The van der Waals surface area contributed by atoms with Crippen LogP contribution in [0.25, 0.3) is 0 Å². The second-order valence-corrected chi connectivity index (χ2v) is 7.05. The molecule has 140 valence electrons.